The number of imidazole rings is 1. The molecule has 2 aromatic heterocycles. The molecular weight excluding hydrogens is 406 g/mol. The van der Waals surface area contributed by atoms with E-state index >= 15 is 0 Å². The minimum atomic E-state index is -0.785. The Morgan fingerprint density at radius 2 is 2.03 bits per heavy atom. The SMILES string of the molecule is COCCN1C(=O)C(=O)/C(=C(/O)c2c(C)nc3ccccn23)C1c1cccc(Cl)c1. The Kier molecular flexibility index (Phi) is 5.32. The number of benzene rings is 1. The van der Waals surface area contributed by atoms with Gasteiger partial charge in [-0.15, -0.1) is 0 Å². The molecule has 8 heteroatoms. The van der Waals surface area contributed by atoms with Crippen molar-refractivity contribution in [3.05, 3.63) is 76.2 Å². The molecule has 0 radical (unpaired) electrons. The molecule has 1 N–H and O–H groups in total. The summed E-state index contributed by atoms with van der Waals surface area (Å²) in [6.07, 6.45) is 1.75. The van der Waals surface area contributed by atoms with Gasteiger partial charge in [0, 0.05) is 24.9 Å². The van der Waals surface area contributed by atoms with E-state index in [2.05, 4.69) is 4.98 Å². The first-order valence-electron chi connectivity index (χ1n) is 9.41. The Bertz CT molecular complexity index is 1180. The van der Waals surface area contributed by atoms with Crippen LogP contribution in [0.2, 0.25) is 5.02 Å². The van der Waals surface area contributed by atoms with Gasteiger partial charge in [-0.05, 0) is 36.8 Å². The maximum atomic E-state index is 13.0. The number of carbonyl (C=O) groups excluding carboxylic acids is 2. The summed E-state index contributed by atoms with van der Waals surface area (Å²) in [6, 6.07) is 11.6. The first-order chi connectivity index (χ1) is 14.4. The highest BCUT2D eigenvalue weighted by Crippen LogP contribution is 2.40. The summed E-state index contributed by atoms with van der Waals surface area (Å²) >= 11 is 6.17. The lowest BCUT2D eigenvalue weighted by atomic mass is 9.96. The third kappa shape index (κ3) is 3.26. The predicted molar refractivity (Wildman–Crippen MR) is 112 cm³/mol. The van der Waals surface area contributed by atoms with Crippen LogP contribution in [0, 0.1) is 6.92 Å². The number of aliphatic hydroxyl groups is 1. The molecule has 154 valence electrons. The number of amides is 1. The number of likely N-dealkylation sites (tertiary alicyclic amines) is 1. The summed E-state index contributed by atoms with van der Waals surface area (Å²) < 4.78 is 6.81. The molecule has 0 bridgehead atoms. The number of carbonyl (C=O) groups is 2. The summed E-state index contributed by atoms with van der Waals surface area (Å²) in [4.78, 5) is 31.7. The quantitative estimate of drug-likeness (QED) is 0.385. The van der Waals surface area contributed by atoms with E-state index in [9.17, 15) is 14.7 Å². The summed E-state index contributed by atoms with van der Waals surface area (Å²) in [7, 11) is 1.52. The zero-order valence-corrected chi connectivity index (χ0v) is 17.3. The molecule has 7 nitrogen and oxygen atoms in total. The number of aromatic nitrogens is 2. The minimum Gasteiger partial charge on any atom is -0.505 e. The Morgan fingerprint density at radius 3 is 2.77 bits per heavy atom. The van der Waals surface area contributed by atoms with Crippen molar-refractivity contribution in [2.24, 2.45) is 0 Å². The van der Waals surface area contributed by atoms with E-state index in [-0.39, 0.29) is 24.5 Å². The lowest BCUT2D eigenvalue weighted by molar-refractivity contribution is -0.140. The largest absolute Gasteiger partial charge is 0.505 e. The van der Waals surface area contributed by atoms with Gasteiger partial charge >= 0.3 is 0 Å². The number of ketones is 1. The van der Waals surface area contributed by atoms with E-state index < -0.39 is 17.7 Å². The average Bonchev–Trinajstić information content (AvgIpc) is 3.19. The maximum absolute atomic E-state index is 13.0. The number of Topliss-reactive ketones (excluding diaryl/α,β-unsaturated/α-hetero) is 1. The van der Waals surface area contributed by atoms with E-state index in [1.165, 1.54) is 12.0 Å². The number of fused-ring (bicyclic) bond motifs is 1. The van der Waals surface area contributed by atoms with Gasteiger partial charge in [0.15, 0.2) is 5.76 Å². The van der Waals surface area contributed by atoms with Crippen LogP contribution in [0.5, 0.6) is 0 Å². The standard InChI is InChI=1S/C22H20ClN3O4/c1-13-18(25-9-4-3-8-16(25)24-13)20(27)17-19(14-6-5-7-15(23)12-14)26(10-11-30-2)22(29)21(17)28/h3-9,12,19,27H,10-11H2,1-2H3/b20-17+. The number of aryl methyl sites for hydroxylation is 1. The van der Waals surface area contributed by atoms with Crippen LogP contribution in [-0.4, -0.2) is 51.3 Å². The van der Waals surface area contributed by atoms with Crippen LogP contribution in [0.3, 0.4) is 0 Å². The van der Waals surface area contributed by atoms with Crippen LogP contribution in [0.15, 0.2) is 54.2 Å². The summed E-state index contributed by atoms with van der Waals surface area (Å²) in [6.45, 7) is 2.19. The van der Waals surface area contributed by atoms with Gasteiger partial charge in [-0.2, -0.15) is 0 Å². The normalized spacial score (nSPS) is 18.5. The van der Waals surface area contributed by atoms with E-state index in [1.54, 1.807) is 53.9 Å². The van der Waals surface area contributed by atoms with Gasteiger partial charge in [0.2, 0.25) is 0 Å². The highest BCUT2D eigenvalue weighted by atomic mass is 35.5. The number of pyridine rings is 1. The van der Waals surface area contributed by atoms with Crippen LogP contribution in [0.1, 0.15) is 23.0 Å². The molecule has 1 unspecified atom stereocenters. The number of ether oxygens (including phenoxy) is 1. The van der Waals surface area contributed by atoms with Crippen LogP contribution < -0.4 is 0 Å². The Morgan fingerprint density at radius 1 is 1.23 bits per heavy atom. The molecule has 1 fully saturated rings. The molecule has 1 aliphatic heterocycles. The Balaban J connectivity index is 1.95. The molecule has 4 rings (SSSR count). The molecule has 3 aromatic rings. The van der Waals surface area contributed by atoms with Crippen molar-refractivity contribution in [3.8, 4) is 0 Å². The van der Waals surface area contributed by atoms with Gasteiger partial charge in [-0.1, -0.05) is 29.8 Å². The van der Waals surface area contributed by atoms with E-state index in [0.717, 1.165) is 0 Å². The number of hydrogen-bond acceptors (Lipinski definition) is 5. The smallest absolute Gasteiger partial charge is 0.295 e. The lowest BCUT2D eigenvalue weighted by Crippen LogP contribution is -2.32. The molecular formula is C22H20ClN3O4. The molecule has 1 atom stereocenters. The monoisotopic (exact) mass is 425 g/mol. The second-order valence-electron chi connectivity index (χ2n) is 7.01. The van der Waals surface area contributed by atoms with Crippen molar-refractivity contribution >= 4 is 34.7 Å². The molecule has 0 spiro atoms. The predicted octanol–water partition coefficient (Wildman–Crippen LogP) is 3.36. The van der Waals surface area contributed by atoms with E-state index in [4.69, 9.17) is 16.3 Å². The van der Waals surface area contributed by atoms with Gasteiger partial charge < -0.3 is 14.7 Å². The van der Waals surface area contributed by atoms with Crippen molar-refractivity contribution in [1.82, 2.24) is 14.3 Å². The van der Waals surface area contributed by atoms with Crippen molar-refractivity contribution < 1.29 is 19.4 Å². The highest BCUT2D eigenvalue weighted by molar-refractivity contribution is 6.46. The van der Waals surface area contributed by atoms with Crippen molar-refractivity contribution in [2.75, 3.05) is 20.3 Å². The zero-order valence-electron chi connectivity index (χ0n) is 16.5. The van der Waals surface area contributed by atoms with Gasteiger partial charge in [0.05, 0.1) is 23.9 Å². The van der Waals surface area contributed by atoms with Gasteiger partial charge in [0.25, 0.3) is 11.7 Å². The highest BCUT2D eigenvalue weighted by Gasteiger charge is 2.46. The van der Waals surface area contributed by atoms with Crippen molar-refractivity contribution in [2.45, 2.75) is 13.0 Å². The fraction of sp³-hybridized carbons (Fsp3) is 0.227. The third-order valence-electron chi connectivity index (χ3n) is 5.17. The van der Waals surface area contributed by atoms with Gasteiger partial charge in [-0.25, -0.2) is 4.98 Å². The zero-order chi connectivity index (χ0) is 21.4. The van der Waals surface area contributed by atoms with Crippen molar-refractivity contribution in [1.29, 1.82) is 0 Å². The van der Waals surface area contributed by atoms with Gasteiger partial charge in [-0.3, -0.25) is 14.0 Å². The number of rotatable bonds is 5. The number of halogens is 1. The van der Waals surface area contributed by atoms with Crippen LogP contribution >= 0.6 is 11.6 Å². The Labute approximate surface area is 178 Å². The molecule has 1 aromatic carbocycles. The van der Waals surface area contributed by atoms with Crippen LogP contribution in [0.4, 0.5) is 0 Å². The topological polar surface area (TPSA) is 84.1 Å². The molecule has 30 heavy (non-hydrogen) atoms. The molecule has 1 aliphatic rings. The summed E-state index contributed by atoms with van der Waals surface area (Å²) in [5.41, 5.74) is 2.19. The number of nitrogens with zero attached hydrogens (tertiary/aromatic N) is 3. The molecule has 1 saturated heterocycles. The number of hydrogen-bond donors (Lipinski definition) is 1. The second kappa shape index (κ2) is 7.93. The maximum Gasteiger partial charge on any atom is 0.295 e. The number of aliphatic hydroxyl groups excluding tert-OH is 1. The molecule has 3 heterocycles. The fourth-order valence-electron chi connectivity index (χ4n) is 3.85. The van der Waals surface area contributed by atoms with Crippen LogP contribution in [-0.2, 0) is 14.3 Å². The Hall–Kier alpha value is -3.16. The van der Waals surface area contributed by atoms with Crippen LogP contribution in [0.25, 0.3) is 11.4 Å². The van der Waals surface area contributed by atoms with Gasteiger partial charge in [0.1, 0.15) is 11.3 Å². The molecule has 0 aliphatic carbocycles. The van der Waals surface area contributed by atoms with E-state index in [1.807, 2.05) is 6.07 Å². The fourth-order valence-corrected chi connectivity index (χ4v) is 4.05. The summed E-state index contributed by atoms with van der Waals surface area (Å²) in [5, 5.41) is 11.7. The first-order valence-corrected chi connectivity index (χ1v) is 9.78. The first kappa shape index (κ1) is 20.1. The third-order valence-corrected chi connectivity index (χ3v) is 5.40. The molecule has 0 saturated carbocycles. The van der Waals surface area contributed by atoms with Crippen molar-refractivity contribution in [3.63, 3.8) is 0 Å². The lowest BCUT2D eigenvalue weighted by Gasteiger charge is -2.25. The second-order valence-corrected chi connectivity index (χ2v) is 7.45. The molecule has 1 amide bonds. The average molecular weight is 426 g/mol. The number of methoxy groups -OCH3 is 1. The van der Waals surface area contributed by atoms with E-state index in [0.29, 0.717) is 27.6 Å². The summed E-state index contributed by atoms with van der Waals surface area (Å²) in [5.74, 6) is -1.71. The minimum absolute atomic E-state index is 0.00660.